The monoisotopic (exact) mass is 993 g/mol. The summed E-state index contributed by atoms with van der Waals surface area (Å²) in [6.07, 6.45) is 16.9. The number of rotatable bonds is 8. The average molecular weight is 993 g/mol. The number of fused-ring (bicyclic) bond motifs is 10. The Morgan fingerprint density at radius 3 is 2.16 bits per heavy atom. The minimum absolute atomic E-state index is 0.00107. The Morgan fingerprint density at radius 2 is 1.49 bits per heavy atom. The molecule has 4 saturated carbocycles. The molecule has 4 N–H and O–H groups in total. The second-order valence-corrected chi connectivity index (χ2v) is 29.7. The first-order valence-electron chi connectivity index (χ1n) is 28.1. The number of hydrogen-bond acceptors (Lipinski definition) is 10. The molecule has 6 heterocycles. The van der Waals surface area contributed by atoms with Crippen LogP contribution >= 0.6 is 0 Å². The molecular formula is C58H88O11S. The van der Waals surface area contributed by atoms with E-state index in [0.717, 1.165) is 77.0 Å². The molecule has 70 heavy (non-hydrogen) atoms. The highest BCUT2D eigenvalue weighted by molar-refractivity contribution is 7.80. The molecule has 14 aliphatic rings. The minimum Gasteiger partial charge on any atom is -0.387 e. The molecule has 6 saturated heterocycles. The molecule has 0 aromatic carbocycles. The van der Waals surface area contributed by atoms with Gasteiger partial charge in [-0.15, -0.1) is 0 Å². The molecule has 2 spiro atoms. The number of hydrogen-bond donors (Lipinski definition) is 4. The summed E-state index contributed by atoms with van der Waals surface area (Å²) in [5.41, 5.74) is 4.66. The van der Waals surface area contributed by atoms with Gasteiger partial charge in [0.05, 0.1) is 42.7 Å². The molecule has 14 rings (SSSR count). The molecule has 0 amide bonds. The van der Waals surface area contributed by atoms with Crippen molar-refractivity contribution in [3.63, 3.8) is 0 Å². The fourth-order valence-electron chi connectivity index (χ4n) is 21.4. The Balaban J connectivity index is 0.778. The van der Waals surface area contributed by atoms with Crippen molar-refractivity contribution in [2.75, 3.05) is 13.2 Å². The van der Waals surface area contributed by atoms with E-state index in [-0.39, 0.29) is 51.5 Å². The van der Waals surface area contributed by atoms with Crippen molar-refractivity contribution in [1.29, 1.82) is 0 Å². The number of aliphatic hydroxyl groups excluding tert-OH is 1. The second kappa shape index (κ2) is 15.3. The van der Waals surface area contributed by atoms with Crippen LogP contribution in [0.5, 0.6) is 0 Å². The number of aliphatic hydroxyl groups is 3. The molecular weight excluding hydrogens is 905 g/mol. The molecule has 19 atom stereocenters. The summed E-state index contributed by atoms with van der Waals surface area (Å²) < 4.78 is 68.4. The maximum absolute atomic E-state index is 12.6. The normalized spacial score (nSPS) is 52.2. The highest BCUT2D eigenvalue weighted by atomic mass is 32.3. The van der Waals surface area contributed by atoms with Gasteiger partial charge in [-0.05, 0) is 176 Å². The molecule has 0 radical (unpaired) electrons. The summed E-state index contributed by atoms with van der Waals surface area (Å²) in [7, 11) is -4.74. The first kappa shape index (κ1) is 49.7. The van der Waals surface area contributed by atoms with E-state index in [9.17, 15) is 28.3 Å². The lowest BCUT2D eigenvalue weighted by molar-refractivity contribution is -0.375. The first-order valence-corrected chi connectivity index (χ1v) is 29.4. The van der Waals surface area contributed by atoms with Gasteiger partial charge in [-0.25, -0.2) is 4.18 Å². The molecule has 4 unspecified atom stereocenters. The van der Waals surface area contributed by atoms with Gasteiger partial charge in [0.1, 0.15) is 6.10 Å². The largest absolute Gasteiger partial charge is 0.397 e. The van der Waals surface area contributed by atoms with E-state index in [1.807, 2.05) is 13.8 Å². The van der Waals surface area contributed by atoms with Crippen LogP contribution in [0.2, 0.25) is 0 Å². The Hall–Kier alpha value is -1.19. The summed E-state index contributed by atoms with van der Waals surface area (Å²) in [6.45, 7) is 26.0. The Kier molecular flexibility index (Phi) is 10.8. The van der Waals surface area contributed by atoms with Crippen LogP contribution < -0.4 is 0 Å². The molecule has 0 aromatic heterocycles. The van der Waals surface area contributed by atoms with Crippen molar-refractivity contribution in [1.82, 2.24) is 0 Å². The SMILES string of the molecule is CC([C@H]1CCC2C3=C(CC[C@@]21C)[C@]12CC[C@@](O)(OC1)C(C)(C)C2[C@@H](OS(=O)(=O)O)C3)[C@H]1C[C@@H]2C[C@@](C)(OC2(C)C)[C@H](CC[C@@H](C)[C@H]2CCC3C4=C(CC[C@@]32C)[C@@]23CO[C@](O)([C@@H](O)C2)C(C)(C)C3=CC4)O1. The van der Waals surface area contributed by atoms with Gasteiger partial charge in [-0.3, -0.25) is 4.55 Å². The zero-order chi connectivity index (χ0) is 50.0. The van der Waals surface area contributed by atoms with Crippen LogP contribution in [0.1, 0.15) is 185 Å². The van der Waals surface area contributed by atoms with Gasteiger partial charge in [0.2, 0.25) is 5.79 Å². The topological polar surface area (TPSA) is 161 Å². The summed E-state index contributed by atoms with van der Waals surface area (Å²) in [5.74, 6) is -0.105. The fourth-order valence-corrected chi connectivity index (χ4v) is 21.9. The maximum Gasteiger partial charge on any atom is 0.397 e. The Morgan fingerprint density at radius 1 is 0.814 bits per heavy atom. The third kappa shape index (κ3) is 6.39. The van der Waals surface area contributed by atoms with Crippen molar-refractivity contribution in [3.05, 3.63) is 33.9 Å². The van der Waals surface area contributed by atoms with E-state index in [2.05, 4.69) is 68.4 Å². The smallest absolute Gasteiger partial charge is 0.387 e. The van der Waals surface area contributed by atoms with Crippen molar-refractivity contribution in [2.24, 2.45) is 79.8 Å². The van der Waals surface area contributed by atoms with E-state index < -0.39 is 50.4 Å². The standard InChI is InChI=1S/C58H88O11S/c1-32(37-14-16-39-35-13-18-45-49(3,4)58(61)46(59)29-56(45,31-66-58)41(35)20-22-52(37,39)9)12-19-47-54(11)28-34(51(7,8)69-54)26-43(67-47)33(2)38-15-17-40-36-27-44(68-70(62,63)64)48-50(5,6)57(60)25-24-55(48,30-65-57)42(36)21-23-53(38,40)10/h18,32-34,37-40,43-44,46-48,59-61H,12-17,19-31H2,1-11H3,(H,62,63,64)/t32-,33?,34-,37-,38-,39?,40?,43-,44+,46+,47+,48?,52-,53-,54-,55+,56+,57-,58-/m1/s1. The van der Waals surface area contributed by atoms with Crippen LogP contribution in [-0.2, 0) is 33.5 Å². The highest BCUT2D eigenvalue weighted by Crippen LogP contribution is 2.74. The lowest BCUT2D eigenvalue weighted by atomic mass is 9.42. The fraction of sp³-hybridized carbons (Fsp3) is 0.897. The third-order valence-corrected chi connectivity index (χ3v) is 25.4. The van der Waals surface area contributed by atoms with E-state index in [1.54, 1.807) is 5.57 Å². The van der Waals surface area contributed by atoms with Crippen LogP contribution in [0.4, 0.5) is 0 Å². The van der Waals surface area contributed by atoms with Gasteiger partial charge in [-0.1, -0.05) is 89.3 Å². The molecule has 12 heteroatoms. The lowest BCUT2D eigenvalue weighted by Gasteiger charge is -2.68. The molecule has 11 nitrogen and oxygen atoms in total. The Bertz CT molecular complexity index is 2410. The average Bonchev–Trinajstić information content (AvgIpc) is 3.85. The molecule has 6 aliphatic heterocycles. The third-order valence-electron chi connectivity index (χ3n) is 24.9. The summed E-state index contributed by atoms with van der Waals surface area (Å²) >= 11 is 0. The minimum atomic E-state index is -4.74. The zero-order valence-electron chi connectivity index (χ0n) is 44.5. The molecule has 6 bridgehead atoms. The number of allylic oxidation sites excluding steroid dienone is 2. The van der Waals surface area contributed by atoms with E-state index in [4.69, 9.17) is 23.1 Å². The van der Waals surface area contributed by atoms with Crippen LogP contribution in [0.25, 0.3) is 0 Å². The Labute approximate surface area is 419 Å². The second-order valence-electron chi connectivity index (χ2n) is 28.7. The molecule has 392 valence electrons. The zero-order valence-corrected chi connectivity index (χ0v) is 45.3. The molecule has 8 aliphatic carbocycles. The summed E-state index contributed by atoms with van der Waals surface area (Å²) in [4.78, 5) is 0. The maximum atomic E-state index is 12.6. The molecule has 10 fully saturated rings. The van der Waals surface area contributed by atoms with E-state index in [0.29, 0.717) is 68.0 Å². The lowest BCUT2D eigenvalue weighted by Crippen LogP contribution is -2.71. The van der Waals surface area contributed by atoms with Crippen LogP contribution in [0.15, 0.2) is 33.9 Å². The van der Waals surface area contributed by atoms with Gasteiger partial charge in [0.15, 0.2) is 5.79 Å². The van der Waals surface area contributed by atoms with E-state index in [1.165, 1.54) is 35.1 Å². The van der Waals surface area contributed by atoms with Crippen molar-refractivity contribution >= 4 is 10.4 Å². The highest BCUT2D eigenvalue weighted by Gasteiger charge is 2.73. The van der Waals surface area contributed by atoms with Crippen molar-refractivity contribution in [2.45, 2.75) is 233 Å². The van der Waals surface area contributed by atoms with Gasteiger partial charge >= 0.3 is 10.4 Å². The summed E-state index contributed by atoms with van der Waals surface area (Å²) in [6, 6.07) is 0. The van der Waals surface area contributed by atoms with Crippen LogP contribution in [-0.4, -0.2) is 88.7 Å². The van der Waals surface area contributed by atoms with Crippen LogP contribution in [0, 0.1) is 79.8 Å². The van der Waals surface area contributed by atoms with Gasteiger partial charge in [0.25, 0.3) is 0 Å². The van der Waals surface area contributed by atoms with Crippen molar-refractivity contribution < 1.29 is 51.4 Å². The van der Waals surface area contributed by atoms with Gasteiger partial charge < -0.3 is 34.3 Å². The van der Waals surface area contributed by atoms with Crippen LogP contribution in [0.3, 0.4) is 0 Å². The van der Waals surface area contributed by atoms with E-state index >= 15 is 0 Å². The van der Waals surface area contributed by atoms with Gasteiger partial charge in [-0.2, -0.15) is 8.42 Å². The van der Waals surface area contributed by atoms with Gasteiger partial charge in [0, 0.05) is 34.0 Å². The predicted octanol–water partition coefficient (Wildman–Crippen LogP) is 10.6. The number of ether oxygens (including phenoxy) is 4. The van der Waals surface area contributed by atoms with Crippen molar-refractivity contribution in [3.8, 4) is 0 Å². The summed E-state index contributed by atoms with van der Waals surface area (Å²) in [5, 5.41) is 34.7. The first-order chi connectivity index (χ1) is 32.5. The quantitative estimate of drug-likeness (QED) is 0.135. The molecule has 0 aromatic rings. The predicted molar refractivity (Wildman–Crippen MR) is 265 cm³/mol.